The van der Waals surface area contributed by atoms with E-state index in [1.165, 1.54) is 0 Å². The monoisotopic (exact) mass is 249 g/mol. The first kappa shape index (κ1) is 9.81. The molecule has 0 radical (unpaired) electrons. The normalized spacial score (nSPS) is 11.1. The van der Waals surface area contributed by atoms with E-state index in [0.717, 1.165) is 27.3 Å². The molecule has 0 saturated carbocycles. The summed E-state index contributed by atoms with van der Waals surface area (Å²) in [6.07, 6.45) is 3.60. The maximum Gasteiger partial charge on any atom is 0.139 e. The van der Waals surface area contributed by atoms with Crippen molar-refractivity contribution < 1.29 is 0 Å². The first-order valence-corrected chi connectivity index (χ1v) is 6.05. The Morgan fingerprint density at radius 3 is 3.06 bits per heavy atom. The van der Waals surface area contributed by atoms with Gasteiger partial charge in [-0.2, -0.15) is 0 Å². The summed E-state index contributed by atoms with van der Waals surface area (Å²) >= 11 is 7.79. The van der Waals surface area contributed by atoms with Crippen molar-refractivity contribution in [2.45, 2.75) is 6.92 Å². The number of hydrogen-bond donors (Lipinski definition) is 1. The average molecular weight is 250 g/mol. The lowest BCUT2D eigenvalue weighted by molar-refractivity contribution is 1.27. The molecule has 0 aliphatic carbocycles. The molecule has 1 N–H and O–H groups in total. The van der Waals surface area contributed by atoms with Gasteiger partial charge in [0.15, 0.2) is 0 Å². The highest BCUT2D eigenvalue weighted by Gasteiger charge is 2.12. The second kappa shape index (κ2) is 3.57. The number of aryl methyl sites for hydroxylation is 1. The Balaban J connectivity index is 2.32. The number of hydrogen-bond acceptors (Lipinski definition) is 3. The number of halogens is 1. The minimum atomic E-state index is 0.703. The van der Waals surface area contributed by atoms with Crippen LogP contribution in [0.15, 0.2) is 23.8 Å². The van der Waals surface area contributed by atoms with Gasteiger partial charge in [0.2, 0.25) is 0 Å². The summed E-state index contributed by atoms with van der Waals surface area (Å²) in [4.78, 5) is 11.8. The Bertz CT molecular complexity index is 656. The molecular formula is C11H8ClN3S. The van der Waals surface area contributed by atoms with Crippen molar-refractivity contribution >= 4 is 34.0 Å². The minimum Gasteiger partial charge on any atom is -0.345 e. The Labute approximate surface area is 101 Å². The molecule has 80 valence electrons. The summed E-state index contributed by atoms with van der Waals surface area (Å²) in [5.74, 6) is 0. The first-order valence-electron chi connectivity index (χ1n) is 4.80. The van der Waals surface area contributed by atoms with Gasteiger partial charge in [0, 0.05) is 34.4 Å². The molecule has 3 heterocycles. The van der Waals surface area contributed by atoms with E-state index in [-0.39, 0.29) is 0 Å². The summed E-state index contributed by atoms with van der Waals surface area (Å²) in [7, 11) is 0. The molecule has 0 atom stereocenters. The third kappa shape index (κ3) is 1.42. The summed E-state index contributed by atoms with van der Waals surface area (Å²) in [6.45, 7) is 1.98. The predicted molar refractivity (Wildman–Crippen MR) is 66.9 cm³/mol. The lowest BCUT2D eigenvalue weighted by Crippen LogP contribution is -1.78. The Hall–Kier alpha value is -1.39. The van der Waals surface area contributed by atoms with E-state index in [4.69, 9.17) is 11.6 Å². The average Bonchev–Trinajstić information content (AvgIpc) is 2.84. The van der Waals surface area contributed by atoms with Crippen LogP contribution in [0.4, 0.5) is 0 Å². The molecule has 0 bridgehead atoms. The Morgan fingerprint density at radius 2 is 2.31 bits per heavy atom. The molecule has 3 aromatic heterocycles. The van der Waals surface area contributed by atoms with Crippen LogP contribution in [0.5, 0.6) is 0 Å². The molecule has 3 nitrogen and oxygen atoms in total. The van der Waals surface area contributed by atoms with E-state index in [0.29, 0.717) is 5.02 Å². The van der Waals surface area contributed by atoms with Crippen LogP contribution in [0.3, 0.4) is 0 Å². The van der Waals surface area contributed by atoms with Crippen molar-refractivity contribution in [3.8, 4) is 10.6 Å². The minimum absolute atomic E-state index is 0.703. The van der Waals surface area contributed by atoms with Crippen molar-refractivity contribution in [1.82, 2.24) is 15.0 Å². The van der Waals surface area contributed by atoms with E-state index in [1.54, 1.807) is 23.6 Å². The SMILES string of the molecule is Cc1csc(-c2c[nH]c3nccc(Cl)c23)n1. The van der Waals surface area contributed by atoms with Crippen molar-refractivity contribution in [3.05, 3.63) is 34.6 Å². The summed E-state index contributed by atoms with van der Waals surface area (Å²) in [5.41, 5.74) is 2.84. The van der Waals surface area contributed by atoms with Crippen molar-refractivity contribution in [1.29, 1.82) is 0 Å². The molecule has 0 spiro atoms. The molecular weight excluding hydrogens is 242 g/mol. The molecule has 3 aromatic rings. The van der Waals surface area contributed by atoms with Crippen LogP contribution in [-0.4, -0.2) is 15.0 Å². The lowest BCUT2D eigenvalue weighted by atomic mass is 10.2. The van der Waals surface area contributed by atoms with Crippen molar-refractivity contribution in [2.24, 2.45) is 0 Å². The fourth-order valence-corrected chi connectivity index (χ4v) is 2.73. The lowest BCUT2D eigenvalue weighted by Gasteiger charge is -1.95. The molecule has 0 aliphatic heterocycles. The van der Waals surface area contributed by atoms with Gasteiger partial charge in [0.25, 0.3) is 0 Å². The van der Waals surface area contributed by atoms with Gasteiger partial charge in [0.05, 0.1) is 5.02 Å². The molecule has 5 heteroatoms. The Morgan fingerprint density at radius 1 is 1.44 bits per heavy atom. The van der Waals surface area contributed by atoms with Crippen LogP contribution in [0.1, 0.15) is 5.69 Å². The standard InChI is InChI=1S/C11H8ClN3S/c1-6-5-16-11(15-6)7-4-14-10-9(7)8(12)2-3-13-10/h2-5H,1H3,(H,13,14). The van der Waals surface area contributed by atoms with Gasteiger partial charge in [-0.1, -0.05) is 11.6 Å². The number of rotatable bonds is 1. The second-order valence-corrected chi connectivity index (χ2v) is 4.78. The topological polar surface area (TPSA) is 41.6 Å². The van der Waals surface area contributed by atoms with Gasteiger partial charge in [-0.05, 0) is 13.0 Å². The first-order chi connectivity index (χ1) is 7.75. The van der Waals surface area contributed by atoms with Crippen LogP contribution in [-0.2, 0) is 0 Å². The van der Waals surface area contributed by atoms with Crippen LogP contribution in [0.2, 0.25) is 5.02 Å². The maximum absolute atomic E-state index is 6.18. The predicted octanol–water partition coefficient (Wildman–Crippen LogP) is 3.65. The second-order valence-electron chi connectivity index (χ2n) is 3.51. The van der Waals surface area contributed by atoms with E-state index >= 15 is 0 Å². The highest BCUT2D eigenvalue weighted by molar-refractivity contribution is 7.13. The number of H-pyrrole nitrogens is 1. The largest absolute Gasteiger partial charge is 0.345 e. The molecule has 0 amide bonds. The molecule has 0 unspecified atom stereocenters. The number of pyridine rings is 1. The highest BCUT2D eigenvalue weighted by Crippen LogP contribution is 2.34. The summed E-state index contributed by atoms with van der Waals surface area (Å²) in [5, 5.41) is 4.64. The van der Waals surface area contributed by atoms with Crippen molar-refractivity contribution in [3.63, 3.8) is 0 Å². The van der Waals surface area contributed by atoms with Gasteiger partial charge >= 0.3 is 0 Å². The number of aromatic nitrogens is 3. The zero-order chi connectivity index (χ0) is 11.1. The highest BCUT2D eigenvalue weighted by atomic mass is 35.5. The molecule has 0 aliphatic rings. The molecule has 16 heavy (non-hydrogen) atoms. The quantitative estimate of drug-likeness (QED) is 0.715. The smallest absolute Gasteiger partial charge is 0.139 e. The fourth-order valence-electron chi connectivity index (χ4n) is 1.66. The number of aromatic amines is 1. The van der Waals surface area contributed by atoms with Gasteiger partial charge < -0.3 is 4.98 Å². The zero-order valence-electron chi connectivity index (χ0n) is 8.49. The molecule has 0 aromatic carbocycles. The van der Waals surface area contributed by atoms with Crippen molar-refractivity contribution in [2.75, 3.05) is 0 Å². The number of nitrogens with one attached hydrogen (secondary N) is 1. The van der Waals surface area contributed by atoms with Crippen LogP contribution in [0.25, 0.3) is 21.6 Å². The van der Waals surface area contributed by atoms with Gasteiger partial charge in [0.1, 0.15) is 10.7 Å². The third-order valence-electron chi connectivity index (χ3n) is 2.37. The van der Waals surface area contributed by atoms with E-state index in [9.17, 15) is 0 Å². The number of nitrogens with zero attached hydrogens (tertiary/aromatic N) is 2. The van der Waals surface area contributed by atoms with Crippen LogP contribution >= 0.6 is 22.9 Å². The van der Waals surface area contributed by atoms with Crippen LogP contribution in [0, 0.1) is 6.92 Å². The van der Waals surface area contributed by atoms with E-state index < -0.39 is 0 Å². The summed E-state index contributed by atoms with van der Waals surface area (Å²) in [6, 6.07) is 1.79. The molecule has 0 saturated heterocycles. The Kier molecular flexibility index (Phi) is 2.19. The maximum atomic E-state index is 6.18. The van der Waals surface area contributed by atoms with E-state index in [1.807, 2.05) is 18.5 Å². The molecule has 0 fully saturated rings. The van der Waals surface area contributed by atoms with Gasteiger partial charge in [-0.25, -0.2) is 9.97 Å². The summed E-state index contributed by atoms with van der Waals surface area (Å²) < 4.78 is 0. The number of thiazole rings is 1. The van der Waals surface area contributed by atoms with E-state index in [2.05, 4.69) is 15.0 Å². The fraction of sp³-hybridized carbons (Fsp3) is 0.0909. The molecule has 3 rings (SSSR count). The zero-order valence-corrected chi connectivity index (χ0v) is 10.1. The van der Waals surface area contributed by atoms with Gasteiger partial charge in [-0.3, -0.25) is 0 Å². The van der Waals surface area contributed by atoms with Crippen LogP contribution < -0.4 is 0 Å². The number of fused-ring (bicyclic) bond motifs is 1. The third-order valence-corrected chi connectivity index (χ3v) is 3.68. The van der Waals surface area contributed by atoms with Gasteiger partial charge in [-0.15, -0.1) is 11.3 Å².